The minimum absolute atomic E-state index is 0.244. The van der Waals surface area contributed by atoms with Crippen molar-refractivity contribution in [1.82, 2.24) is 0 Å². The molecule has 2 rings (SSSR count). The number of benzene rings is 2. The number of hydrogen-bond acceptors (Lipinski definition) is 0. The van der Waals surface area contributed by atoms with E-state index in [9.17, 15) is 4.39 Å². The van der Waals surface area contributed by atoms with E-state index in [4.69, 9.17) is 11.6 Å². The summed E-state index contributed by atoms with van der Waals surface area (Å²) in [5.74, 6) is -0.244. The molecule has 2 aromatic carbocycles. The highest BCUT2D eigenvalue weighted by atomic mass is 127. The second-order valence-corrected chi connectivity index (χ2v) is 5.21. The van der Waals surface area contributed by atoms with Crippen LogP contribution >= 0.6 is 34.2 Å². The zero-order valence-electron chi connectivity index (χ0n) is 8.60. The molecule has 2 aromatic rings. The Hall–Kier alpha value is -0.610. The van der Waals surface area contributed by atoms with Gasteiger partial charge in [-0.1, -0.05) is 29.3 Å². The molecule has 0 N–H and O–H groups in total. The number of aryl methyl sites for hydroxylation is 1. The van der Waals surface area contributed by atoms with Gasteiger partial charge in [-0.25, -0.2) is 4.39 Å². The molecule has 0 nitrogen and oxygen atoms in total. The molecule has 0 fully saturated rings. The maximum Gasteiger partial charge on any atom is 0.131 e. The Morgan fingerprint density at radius 2 is 1.81 bits per heavy atom. The normalized spacial score (nSPS) is 10.5. The highest BCUT2D eigenvalue weighted by Gasteiger charge is 2.09. The monoisotopic (exact) mass is 346 g/mol. The van der Waals surface area contributed by atoms with Gasteiger partial charge in [0.15, 0.2) is 0 Å². The molecule has 0 heterocycles. The van der Waals surface area contributed by atoms with Crippen molar-refractivity contribution in [3.05, 3.63) is 56.4 Å². The quantitative estimate of drug-likeness (QED) is 0.633. The van der Waals surface area contributed by atoms with E-state index in [0.29, 0.717) is 10.6 Å². The SMILES string of the molecule is Cc1ccc(-c2cc(Cl)ccc2F)c(I)c1. The highest BCUT2D eigenvalue weighted by Crippen LogP contribution is 2.30. The van der Waals surface area contributed by atoms with Crippen molar-refractivity contribution in [2.45, 2.75) is 6.92 Å². The van der Waals surface area contributed by atoms with Crippen LogP contribution < -0.4 is 0 Å². The van der Waals surface area contributed by atoms with Gasteiger partial charge in [0.2, 0.25) is 0 Å². The highest BCUT2D eigenvalue weighted by molar-refractivity contribution is 14.1. The maximum atomic E-state index is 13.7. The Morgan fingerprint density at radius 3 is 2.50 bits per heavy atom. The minimum atomic E-state index is -0.244. The summed E-state index contributed by atoms with van der Waals surface area (Å²) in [5, 5.41) is 0.549. The molecule has 0 aromatic heterocycles. The number of rotatable bonds is 1. The molecule has 3 heteroatoms. The second kappa shape index (κ2) is 4.72. The lowest BCUT2D eigenvalue weighted by Crippen LogP contribution is -1.88. The van der Waals surface area contributed by atoms with E-state index in [1.807, 2.05) is 25.1 Å². The van der Waals surface area contributed by atoms with Crippen LogP contribution in [0.1, 0.15) is 5.56 Å². The first-order valence-corrected chi connectivity index (χ1v) is 6.25. The first-order chi connectivity index (χ1) is 7.58. The Balaban J connectivity index is 2.62. The largest absolute Gasteiger partial charge is 0.206 e. The lowest BCUT2D eigenvalue weighted by atomic mass is 10.0. The van der Waals surface area contributed by atoms with Gasteiger partial charge in [-0.3, -0.25) is 0 Å². The van der Waals surface area contributed by atoms with Crippen LogP contribution in [0.2, 0.25) is 5.02 Å². The van der Waals surface area contributed by atoms with Gasteiger partial charge in [0.25, 0.3) is 0 Å². The average molecular weight is 347 g/mol. The smallest absolute Gasteiger partial charge is 0.131 e. The van der Waals surface area contributed by atoms with Gasteiger partial charge in [0, 0.05) is 14.2 Å². The summed E-state index contributed by atoms with van der Waals surface area (Å²) in [4.78, 5) is 0. The number of hydrogen-bond donors (Lipinski definition) is 0. The Bertz CT molecular complexity index is 537. The van der Waals surface area contributed by atoms with E-state index >= 15 is 0 Å². The standard InChI is InChI=1S/C13H9ClFI/c1-8-2-4-10(13(16)6-8)11-7-9(14)3-5-12(11)15/h2-7H,1H3. The average Bonchev–Trinajstić information content (AvgIpc) is 2.22. The molecule has 0 amide bonds. The van der Waals surface area contributed by atoms with Gasteiger partial charge in [-0.05, 0) is 59.3 Å². The van der Waals surface area contributed by atoms with E-state index in [0.717, 1.165) is 14.7 Å². The fourth-order valence-electron chi connectivity index (χ4n) is 1.54. The van der Waals surface area contributed by atoms with Gasteiger partial charge in [0.05, 0.1) is 0 Å². The molecule has 0 atom stereocenters. The van der Waals surface area contributed by atoms with E-state index in [2.05, 4.69) is 22.6 Å². The second-order valence-electron chi connectivity index (χ2n) is 3.61. The fraction of sp³-hybridized carbons (Fsp3) is 0.0769. The van der Waals surface area contributed by atoms with Gasteiger partial charge in [-0.15, -0.1) is 0 Å². The molecular weight excluding hydrogens is 337 g/mol. The molecule has 0 aliphatic carbocycles. The van der Waals surface area contributed by atoms with Crippen molar-refractivity contribution in [3.8, 4) is 11.1 Å². The Labute approximate surface area is 113 Å². The van der Waals surface area contributed by atoms with Crippen LogP contribution in [0.15, 0.2) is 36.4 Å². The van der Waals surface area contributed by atoms with Crippen LogP contribution in [-0.4, -0.2) is 0 Å². The van der Waals surface area contributed by atoms with Gasteiger partial charge < -0.3 is 0 Å². The molecule has 0 spiro atoms. The van der Waals surface area contributed by atoms with Crippen LogP contribution in [0.25, 0.3) is 11.1 Å². The molecule has 16 heavy (non-hydrogen) atoms. The van der Waals surface area contributed by atoms with Gasteiger partial charge >= 0.3 is 0 Å². The van der Waals surface area contributed by atoms with Crippen molar-refractivity contribution >= 4 is 34.2 Å². The topological polar surface area (TPSA) is 0 Å². The lowest BCUT2D eigenvalue weighted by molar-refractivity contribution is 0.631. The Morgan fingerprint density at radius 1 is 1.06 bits per heavy atom. The third-order valence-electron chi connectivity index (χ3n) is 2.34. The van der Waals surface area contributed by atoms with Crippen LogP contribution in [0.4, 0.5) is 4.39 Å². The molecule has 0 aliphatic heterocycles. The predicted octanol–water partition coefficient (Wildman–Crippen LogP) is 5.06. The first kappa shape index (κ1) is 11.9. The Kier molecular flexibility index (Phi) is 3.50. The summed E-state index contributed by atoms with van der Waals surface area (Å²) in [6, 6.07) is 10.5. The van der Waals surface area contributed by atoms with E-state index in [1.54, 1.807) is 12.1 Å². The molecule has 0 radical (unpaired) electrons. The fourth-order valence-corrected chi connectivity index (χ4v) is 2.68. The van der Waals surface area contributed by atoms with E-state index < -0.39 is 0 Å². The van der Waals surface area contributed by atoms with Gasteiger partial charge in [0.1, 0.15) is 5.82 Å². The third-order valence-corrected chi connectivity index (χ3v) is 3.47. The minimum Gasteiger partial charge on any atom is -0.206 e. The van der Waals surface area contributed by atoms with Crippen molar-refractivity contribution in [1.29, 1.82) is 0 Å². The van der Waals surface area contributed by atoms with Crippen molar-refractivity contribution in [2.24, 2.45) is 0 Å². The van der Waals surface area contributed by atoms with Gasteiger partial charge in [-0.2, -0.15) is 0 Å². The molecule has 0 unspecified atom stereocenters. The molecule has 0 bridgehead atoms. The van der Waals surface area contributed by atoms with Crippen LogP contribution in [0, 0.1) is 16.3 Å². The lowest BCUT2D eigenvalue weighted by Gasteiger charge is -2.07. The maximum absolute atomic E-state index is 13.7. The summed E-state index contributed by atoms with van der Waals surface area (Å²) < 4.78 is 14.7. The summed E-state index contributed by atoms with van der Waals surface area (Å²) in [7, 11) is 0. The first-order valence-electron chi connectivity index (χ1n) is 4.79. The summed E-state index contributed by atoms with van der Waals surface area (Å²) in [6.07, 6.45) is 0. The molecule has 0 aliphatic rings. The molecule has 0 saturated heterocycles. The molecule has 0 saturated carbocycles. The van der Waals surface area contributed by atoms with E-state index in [-0.39, 0.29) is 5.82 Å². The zero-order chi connectivity index (χ0) is 11.7. The summed E-state index contributed by atoms with van der Waals surface area (Å²) in [6.45, 7) is 2.01. The molecular formula is C13H9ClFI. The summed E-state index contributed by atoms with van der Waals surface area (Å²) in [5.41, 5.74) is 2.60. The van der Waals surface area contributed by atoms with Crippen molar-refractivity contribution < 1.29 is 4.39 Å². The van der Waals surface area contributed by atoms with Crippen LogP contribution in [-0.2, 0) is 0 Å². The van der Waals surface area contributed by atoms with Crippen molar-refractivity contribution in [2.75, 3.05) is 0 Å². The molecule has 82 valence electrons. The number of halogens is 3. The van der Waals surface area contributed by atoms with Crippen molar-refractivity contribution in [3.63, 3.8) is 0 Å². The van der Waals surface area contributed by atoms with Crippen LogP contribution in [0.5, 0.6) is 0 Å². The summed E-state index contributed by atoms with van der Waals surface area (Å²) >= 11 is 8.09. The van der Waals surface area contributed by atoms with E-state index in [1.165, 1.54) is 6.07 Å². The van der Waals surface area contributed by atoms with Crippen LogP contribution in [0.3, 0.4) is 0 Å². The predicted molar refractivity (Wildman–Crippen MR) is 74.3 cm³/mol. The zero-order valence-corrected chi connectivity index (χ0v) is 11.5. The third kappa shape index (κ3) is 2.38.